The number of guanidine groups is 1. The number of aryl methyl sites for hydroxylation is 1. The van der Waals surface area contributed by atoms with E-state index in [2.05, 4.69) is 47.1 Å². The van der Waals surface area contributed by atoms with E-state index in [1.165, 1.54) is 5.69 Å². The van der Waals surface area contributed by atoms with Crippen LogP contribution in [0.4, 0.5) is 0 Å². The second-order valence-corrected chi connectivity index (χ2v) is 6.41. The average molecular weight is 322 g/mol. The molecule has 0 atom stereocenters. The molecule has 0 spiro atoms. The van der Waals surface area contributed by atoms with Crippen molar-refractivity contribution in [3.63, 3.8) is 0 Å². The Kier molecular flexibility index (Phi) is 6.47. The standard InChI is InChI=1S/C17H30N4O2/c1-4-18-16(21(3)12-15-6-5-9-20(15)2)19-13-17(14-22)7-10-23-11-8-17/h5-6,9,22H,4,7-8,10-14H2,1-3H3,(H,18,19). The number of aliphatic hydroxyl groups is 1. The first-order chi connectivity index (χ1) is 11.1. The average Bonchev–Trinajstić information content (AvgIpc) is 2.97. The number of nitrogens with one attached hydrogen (secondary N) is 1. The van der Waals surface area contributed by atoms with Gasteiger partial charge in [0.05, 0.1) is 19.7 Å². The van der Waals surface area contributed by atoms with Gasteiger partial charge < -0.3 is 24.6 Å². The molecule has 0 radical (unpaired) electrons. The van der Waals surface area contributed by atoms with Crippen molar-refractivity contribution >= 4 is 5.96 Å². The normalized spacial score (nSPS) is 18.0. The third-order valence-corrected chi connectivity index (χ3v) is 4.60. The van der Waals surface area contributed by atoms with Crippen molar-refractivity contribution in [3.8, 4) is 0 Å². The zero-order valence-corrected chi connectivity index (χ0v) is 14.6. The van der Waals surface area contributed by atoms with E-state index in [1.807, 2.05) is 7.05 Å². The number of hydrogen-bond donors (Lipinski definition) is 2. The Labute approximate surface area is 139 Å². The van der Waals surface area contributed by atoms with Crippen LogP contribution in [0.15, 0.2) is 23.3 Å². The van der Waals surface area contributed by atoms with E-state index in [-0.39, 0.29) is 12.0 Å². The van der Waals surface area contributed by atoms with E-state index in [0.717, 1.165) is 31.9 Å². The first-order valence-corrected chi connectivity index (χ1v) is 8.38. The van der Waals surface area contributed by atoms with Crippen LogP contribution in [0.3, 0.4) is 0 Å². The fourth-order valence-electron chi connectivity index (χ4n) is 2.86. The molecule has 1 fully saturated rings. The Morgan fingerprint density at radius 3 is 2.78 bits per heavy atom. The predicted octanol–water partition coefficient (Wildman–Crippen LogP) is 1.21. The first-order valence-electron chi connectivity index (χ1n) is 8.38. The lowest BCUT2D eigenvalue weighted by Crippen LogP contribution is -2.41. The number of ether oxygens (including phenoxy) is 1. The summed E-state index contributed by atoms with van der Waals surface area (Å²) >= 11 is 0. The molecule has 6 nitrogen and oxygen atoms in total. The minimum atomic E-state index is -0.134. The Morgan fingerprint density at radius 1 is 1.48 bits per heavy atom. The van der Waals surface area contributed by atoms with E-state index in [0.29, 0.717) is 19.8 Å². The van der Waals surface area contributed by atoms with Crippen LogP contribution in [0.5, 0.6) is 0 Å². The fraction of sp³-hybridized carbons (Fsp3) is 0.706. The molecule has 2 rings (SSSR count). The summed E-state index contributed by atoms with van der Waals surface area (Å²) in [7, 11) is 4.10. The molecule has 2 N–H and O–H groups in total. The molecule has 1 aliphatic heterocycles. The van der Waals surface area contributed by atoms with E-state index >= 15 is 0 Å². The van der Waals surface area contributed by atoms with Gasteiger partial charge in [-0.25, -0.2) is 0 Å². The van der Waals surface area contributed by atoms with E-state index in [1.54, 1.807) is 0 Å². The summed E-state index contributed by atoms with van der Waals surface area (Å²) < 4.78 is 7.54. The Balaban J connectivity index is 2.05. The minimum absolute atomic E-state index is 0.134. The van der Waals surface area contributed by atoms with Crippen molar-refractivity contribution in [3.05, 3.63) is 24.0 Å². The molecule has 0 aliphatic carbocycles. The van der Waals surface area contributed by atoms with Crippen LogP contribution in [-0.2, 0) is 18.3 Å². The fourth-order valence-corrected chi connectivity index (χ4v) is 2.86. The molecule has 0 aromatic carbocycles. The van der Waals surface area contributed by atoms with Crippen molar-refractivity contribution in [2.75, 3.05) is 40.0 Å². The van der Waals surface area contributed by atoms with Crippen LogP contribution in [-0.4, -0.2) is 60.5 Å². The first kappa shape index (κ1) is 17.8. The van der Waals surface area contributed by atoms with Gasteiger partial charge in [0.2, 0.25) is 0 Å². The van der Waals surface area contributed by atoms with Crippen molar-refractivity contribution in [2.45, 2.75) is 26.3 Å². The highest BCUT2D eigenvalue weighted by Crippen LogP contribution is 2.30. The van der Waals surface area contributed by atoms with Crippen molar-refractivity contribution in [1.82, 2.24) is 14.8 Å². The minimum Gasteiger partial charge on any atom is -0.396 e. The number of rotatable bonds is 6. The summed E-state index contributed by atoms with van der Waals surface area (Å²) in [6.45, 7) is 5.92. The molecule has 0 unspecified atom stereocenters. The number of aromatic nitrogens is 1. The second-order valence-electron chi connectivity index (χ2n) is 6.41. The smallest absolute Gasteiger partial charge is 0.194 e. The largest absolute Gasteiger partial charge is 0.396 e. The van der Waals surface area contributed by atoms with E-state index < -0.39 is 0 Å². The molecule has 23 heavy (non-hydrogen) atoms. The van der Waals surface area contributed by atoms with Crippen LogP contribution < -0.4 is 5.32 Å². The van der Waals surface area contributed by atoms with Gasteiger partial charge in [0.1, 0.15) is 0 Å². The monoisotopic (exact) mass is 322 g/mol. The summed E-state index contributed by atoms with van der Waals surface area (Å²) in [5, 5.41) is 13.2. The van der Waals surface area contributed by atoms with Gasteiger partial charge >= 0.3 is 0 Å². The Hall–Kier alpha value is -1.53. The maximum Gasteiger partial charge on any atom is 0.194 e. The molecule has 0 bridgehead atoms. The summed E-state index contributed by atoms with van der Waals surface area (Å²) in [5.41, 5.74) is 1.10. The highest BCUT2D eigenvalue weighted by atomic mass is 16.5. The summed E-state index contributed by atoms with van der Waals surface area (Å²) in [6, 6.07) is 4.17. The van der Waals surface area contributed by atoms with Gasteiger partial charge in [0.25, 0.3) is 0 Å². The van der Waals surface area contributed by atoms with Crippen molar-refractivity contribution in [2.24, 2.45) is 17.5 Å². The lowest BCUT2D eigenvalue weighted by molar-refractivity contribution is -0.0107. The Bertz CT molecular complexity index is 506. The van der Waals surface area contributed by atoms with Gasteiger partial charge in [0, 0.05) is 51.2 Å². The lowest BCUT2D eigenvalue weighted by atomic mass is 9.81. The molecule has 1 saturated heterocycles. The van der Waals surface area contributed by atoms with Crippen LogP contribution in [0.2, 0.25) is 0 Å². The second kappa shape index (κ2) is 8.36. The summed E-state index contributed by atoms with van der Waals surface area (Å²) in [6.07, 6.45) is 3.79. The summed E-state index contributed by atoms with van der Waals surface area (Å²) in [5.74, 6) is 0.882. The number of nitrogens with zero attached hydrogens (tertiary/aromatic N) is 3. The quantitative estimate of drug-likeness (QED) is 0.610. The molecule has 2 heterocycles. The van der Waals surface area contributed by atoms with Gasteiger partial charge in [-0.15, -0.1) is 0 Å². The molecule has 1 aromatic heterocycles. The van der Waals surface area contributed by atoms with Gasteiger partial charge in [-0.05, 0) is 31.9 Å². The highest BCUT2D eigenvalue weighted by Gasteiger charge is 2.32. The van der Waals surface area contributed by atoms with Gasteiger partial charge in [0.15, 0.2) is 5.96 Å². The molecule has 0 saturated carbocycles. The summed E-state index contributed by atoms with van der Waals surface area (Å²) in [4.78, 5) is 6.93. The topological polar surface area (TPSA) is 62.0 Å². The number of aliphatic hydroxyl groups excluding tert-OH is 1. The molecule has 1 aliphatic rings. The van der Waals surface area contributed by atoms with Gasteiger partial charge in [-0.2, -0.15) is 0 Å². The number of hydrogen-bond acceptors (Lipinski definition) is 3. The number of aliphatic imine (C=N–C) groups is 1. The molecule has 1 aromatic rings. The highest BCUT2D eigenvalue weighted by molar-refractivity contribution is 5.79. The van der Waals surface area contributed by atoms with Crippen LogP contribution >= 0.6 is 0 Å². The van der Waals surface area contributed by atoms with E-state index in [9.17, 15) is 5.11 Å². The molecule has 0 amide bonds. The van der Waals surface area contributed by atoms with Crippen molar-refractivity contribution in [1.29, 1.82) is 0 Å². The third-order valence-electron chi connectivity index (χ3n) is 4.60. The van der Waals surface area contributed by atoms with Gasteiger partial charge in [-0.1, -0.05) is 0 Å². The molecular formula is C17H30N4O2. The maximum atomic E-state index is 9.80. The lowest BCUT2D eigenvalue weighted by Gasteiger charge is -2.34. The molecule has 6 heteroatoms. The predicted molar refractivity (Wildman–Crippen MR) is 92.4 cm³/mol. The zero-order chi connectivity index (χ0) is 16.7. The van der Waals surface area contributed by atoms with E-state index in [4.69, 9.17) is 9.73 Å². The van der Waals surface area contributed by atoms with Gasteiger partial charge in [-0.3, -0.25) is 4.99 Å². The Morgan fingerprint density at radius 2 is 2.22 bits per heavy atom. The molecular weight excluding hydrogens is 292 g/mol. The van der Waals surface area contributed by atoms with Crippen LogP contribution in [0.1, 0.15) is 25.5 Å². The van der Waals surface area contributed by atoms with Crippen LogP contribution in [0, 0.1) is 5.41 Å². The van der Waals surface area contributed by atoms with Crippen molar-refractivity contribution < 1.29 is 9.84 Å². The SMILES string of the molecule is CCNC(=NCC1(CO)CCOCC1)N(C)Cc1cccn1C. The van der Waals surface area contributed by atoms with Crippen LogP contribution in [0.25, 0.3) is 0 Å². The molecule has 130 valence electrons. The maximum absolute atomic E-state index is 9.80. The zero-order valence-electron chi connectivity index (χ0n) is 14.6. The third kappa shape index (κ3) is 4.72.